The first kappa shape index (κ1) is 13.4. The number of nitrogens with zero attached hydrogens (tertiary/aromatic N) is 1. The van der Waals surface area contributed by atoms with Gasteiger partial charge in [-0.3, -0.25) is 9.78 Å². The van der Waals surface area contributed by atoms with Crippen molar-refractivity contribution in [1.82, 2.24) is 15.3 Å². The summed E-state index contributed by atoms with van der Waals surface area (Å²) in [6.45, 7) is 2.65. The quantitative estimate of drug-likeness (QED) is 0.771. The van der Waals surface area contributed by atoms with E-state index in [0.717, 1.165) is 17.6 Å². The van der Waals surface area contributed by atoms with E-state index in [1.165, 1.54) is 10.9 Å². The summed E-state index contributed by atoms with van der Waals surface area (Å²) in [4.78, 5) is 19.2. The maximum absolute atomic E-state index is 11.9. The van der Waals surface area contributed by atoms with Gasteiger partial charge in [-0.2, -0.15) is 0 Å². The van der Waals surface area contributed by atoms with Crippen LogP contribution in [0.25, 0.3) is 10.9 Å². The van der Waals surface area contributed by atoms with Crippen molar-refractivity contribution in [3.63, 3.8) is 0 Å². The fourth-order valence-electron chi connectivity index (χ4n) is 2.39. The maximum Gasteiger partial charge on any atom is 0.269 e. The SMILES string of the molecule is Cc1cc2cc(CCNC(=O)c3ccccn3)ccc2[nH]1. The van der Waals surface area contributed by atoms with Gasteiger partial charge in [0.1, 0.15) is 5.69 Å². The number of pyridine rings is 1. The Labute approximate surface area is 123 Å². The topological polar surface area (TPSA) is 57.8 Å². The summed E-state index contributed by atoms with van der Waals surface area (Å²) in [7, 11) is 0. The summed E-state index contributed by atoms with van der Waals surface area (Å²) < 4.78 is 0. The highest BCUT2D eigenvalue weighted by Gasteiger charge is 2.05. The Bertz CT molecular complexity index is 762. The molecule has 2 N–H and O–H groups in total. The first-order valence-electron chi connectivity index (χ1n) is 7.00. The van der Waals surface area contributed by atoms with Crippen LogP contribution < -0.4 is 5.32 Å². The van der Waals surface area contributed by atoms with Gasteiger partial charge in [-0.1, -0.05) is 12.1 Å². The van der Waals surface area contributed by atoms with Crippen LogP contribution in [0.1, 0.15) is 21.7 Å². The van der Waals surface area contributed by atoms with E-state index in [9.17, 15) is 4.79 Å². The largest absolute Gasteiger partial charge is 0.359 e. The molecule has 0 saturated heterocycles. The average Bonchev–Trinajstić information content (AvgIpc) is 2.87. The van der Waals surface area contributed by atoms with Crippen LogP contribution in [-0.2, 0) is 6.42 Å². The second-order valence-electron chi connectivity index (χ2n) is 5.09. The zero-order chi connectivity index (χ0) is 14.7. The van der Waals surface area contributed by atoms with Gasteiger partial charge >= 0.3 is 0 Å². The predicted octanol–water partition coefficient (Wildman–Crippen LogP) is 2.84. The zero-order valence-corrected chi connectivity index (χ0v) is 11.9. The van der Waals surface area contributed by atoms with Gasteiger partial charge in [-0.25, -0.2) is 0 Å². The van der Waals surface area contributed by atoms with E-state index in [0.29, 0.717) is 12.2 Å². The second kappa shape index (κ2) is 5.79. The van der Waals surface area contributed by atoms with Gasteiger partial charge in [0.25, 0.3) is 5.91 Å². The Morgan fingerprint density at radius 1 is 1.24 bits per heavy atom. The van der Waals surface area contributed by atoms with Crippen LogP contribution in [-0.4, -0.2) is 22.4 Å². The monoisotopic (exact) mass is 279 g/mol. The van der Waals surface area contributed by atoms with Crippen LogP contribution in [0.2, 0.25) is 0 Å². The number of rotatable bonds is 4. The van der Waals surface area contributed by atoms with E-state index in [1.54, 1.807) is 18.3 Å². The van der Waals surface area contributed by atoms with Gasteiger partial charge in [0.2, 0.25) is 0 Å². The Balaban J connectivity index is 1.60. The number of carbonyl (C=O) groups is 1. The van der Waals surface area contributed by atoms with Crippen molar-refractivity contribution in [3.05, 3.63) is 65.6 Å². The minimum atomic E-state index is -0.130. The first-order chi connectivity index (χ1) is 10.2. The molecule has 0 unspecified atom stereocenters. The molecule has 1 aromatic carbocycles. The lowest BCUT2D eigenvalue weighted by Gasteiger charge is -2.05. The molecule has 4 heteroatoms. The van der Waals surface area contributed by atoms with E-state index in [1.807, 2.05) is 13.0 Å². The van der Waals surface area contributed by atoms with Gasteiger partial charge in [-0.05, 0) is 54.6 Å². The summed E-state index contributed by atoms with van der Waals surface area (Å²) in [6.07, 6.45) is 2.43. The van der Waals surface area contributed by atoms with Crippen molar-refractivity contribution in [3.8, 4) is 0 Å². The van der Waals surface area contributed by atoms with Crippen LogP contribution in [0.15, 0.2) is 48.7 Å². The average molecular weight is 279 g/mol. The molecular formula is C17H17N3O. The normalized spacial score (nSPS) is 10.7. The van der Waals surface area contributed by atoms with Crippen LogP contribution in [0.5, 0.6) is 0 Å². The zero-order valence-electron chi connectivity index (χ0n) is 11.9. The molecule has 0 bridgehead atoms. The van der Waals surface area contributed by atoms with E-state index >= 15 is 0 Å². The third-order valence-corrected chi connectivity index (χ3v) is 3.42. The van der Waals surface area contributed by atoms with Crippen molar-refractivity contribution < 1.29 is 4.79 Å². The number of H-pyrrole nitrogens is 1. The highest BCUT2D eigenvalue weighted by atomic mass is 16.1. The van der Waals surface area contributed by atoms with Crippen molar-refractivity contribution in [2.24, 2.45) is 0 Å². The van der Waals surface area contributed by atoms with Gasteiger partial charge < -0.3 is 10.3 Å². The molecule has 0 aliphatic rings. The van der Waals surface area contributed by atoms with Gasteiger partial charge in [0, 0.05) is 24.0 Å². The lowest BCUT2D eigenvalue weighted by molar-refractivity contribution is 0.0949. The van der Waals surface area contributed by atoms with Crippen LogP contribution in [0.3, 0.4) is 0 Å². The summed E-state index contributed by atoms with van der Waals surface area (Å²) in [6, 6.07) is 13.8. The van der Waals surface area contributed by atoms with Gasteiger partial charge in [0.05, 0.1) is 0 Å². The molecule has 0 atom stereocenters. The Morgan fingerprint density at radius 3 is 2.95 bits per heavy atom. The number of fused-ring (bicyclic) bond motifs is 1. The molecule has 2 aromatic heterocycles. The molecular weight excluding hydrogens is 262 g/mol. The molecule has 0 aliphatic carbocycles. The number of hydrogen-bond acceptors (Lipinski definition) is 2. The van der Waals surface area contributed by atoms with Crippen LogP contribution in [0.4, 0.5) is 0 Å². The molecule has 0 saturated carbocycles. The molecule has 0 radical (unpaired) electrons. The Kier molecular flexibility index (Phi) is 3.69. The molecule has 4 nitrogen and oxygen atoms in total. The van der Waals surface area contributed by atoms with E-state index in [-0.39, 0.29) is 5.91 Å². The van der Waals surface area contributed by atoms with Crippen molar-refractivity contribution >= 4 is 16.8 Å². The number of aromatic nitrogens is 2. The fourth-order valence-corrected chi connectivity index (χ4v) is 2.39. The Morgan fingerprint density at radius 2 is 2.14 bits per heavy atom. The van der Waals surface area contributed by atoms with E-state index < -0.39 is 0 Å². The predicted molar refractivity (Wildman–Crippen MR) is 83.3 cm³/mol. The van der Waals surface area contributed by atoms with Crippen molar-refractivity contribution in [2.45, 2.75) is 13.3 Å². The summed E-state index contributed by atoms with van der Waals surface area (Å²) in [5, 5.41) is 4.10. The third-order valence-electron chi connectivity index (χ3n) is 3.42. The number of aryl methyl sites for hydroxylation is 1. The number of benzene rings is 1. The second-order valence-corrected chi connectivity index (χ2v) is 5.09. The lowest BCUT2D eigenvalue weighted by Crippen LogP contribution is -2.26. The molecule has 0 spiro atoms. The van der Waals surface area contributed by atoms with Gasteiger partial charge in [-0.15, -0.1) is 0 Å². The van der Waals surface area contributed by atoms with E-state index in [4.69, 9.17) is 0 Å². The molecule has 3 rings (SSSR count). The number of amides is 1. The summed E-state index contributed by atoms with van der Waals surface area (Å²) in [5.74, 6) is -0.130. The molecule has 2 heterocycles. The van der Waals surface area contributed by atoms with Crippen molar-refractivity contribution in [2.75, 3.05) is 6.54 Å². The number of aromatic amines is 1. The molecule has 0 aliphatic heterocycles. The standard InChI is InChI=1S/C17H17N3O/c1-12-10-14-11-13(5-6-15(14)20-12)7-9-19-17(21)16-4-2-3-8-18-16/h2-6,8,10-11,20H,7,9H2,1H3,(H,19,21). The maximum atomic E-state index is 11.9. The molecule has 1 amide bonds. The number of hydrogen-bond donors (Lipinski definition) is 2. The fraction of sp³-hybridized carbons (Fsp3) is 0.176. The summed E-state index contributed by atoms with van der Waals surface area (Å²) in [5.41, 5.74) is 3.97. The van der Waals surface area contributed by atoms with Crippen LogP contribution in [0, 0.1) is 6.92 Å². The van der Waals surface area contributed by atoms with E-state index in [2.05, 4.69) is 39.6 Å². The van der Waals surface area contributed by atoms with Crippen molar-refractivity contribution in [1.29, 1.82) is 0 Å². The Hall–Kier alpha value is -2.62. The third kappa shape index (κ3) is 3.11. The smallest absolute Gasteiger partial charge is 0.269 e. The molecule has 21 heavy (non-hydrogen) atoms. The molecule has 0 fully saturated rings. The minimum Gasteiger partial charge on any atom is -0.359 e. The number of nitrogens with one attached hydrogen (secondary N) is 2. The lowest BCUT2D eigenvalue weighted by atomic mass is 10.1. The highest BCUT2D eigenvalue weighted by Crippen LogP contribution is 2.17. The highest BCUT2D eigenvalue weighted by molar-refractivity contribution is 5.92. The molecule has 106 valence electrons. The van der Waals surface area contributed by atoms with Crippen LogP contribution >= 0.6 is 0 Å². The summed E-state index contributed by atoms with van der Waals surface area (Å²) >= 11 is 0. The minimum absolute atomic E-state index is 0.130. The van der Waals surface area contributed by atoms with Gasteiger partial charge in [0.15, 0.2) is 0 Å². The number of carbonyl (C=O) groups excluding carboxylic acids is 1. The molecule has 3 aromatic rings. The first-order valence-corrected chi connectivity index (χ1v) is 7.00.